The fourth-order valence-corrected chi connectivity index (χ4v) is 2.74. The summed E-state index contributed by atoms with van der Waals surface area (Å²) in [7, 11) is 0. The van der Waals surface area contributed by atoms with Crippen LogP contribution in [0.25, 0.3) is 0 Å². The van der Waals surface area contributed by atoms with E-state index in [4.69, 9.17) is 0 Å². The molecule has 0 amide bonds. The molecule has 1 saturated heterocycles. The molecular weight excluding hydrogens is 238 g/mol. The molecule has 1 aromatic rings. The van der Waals surface area contributed by atoms with E-state index in [2.05, 4.69) is 4.90 Å². The number of Topliss-reactive ketones (excluding diaryl/α,β-unsaturated/α-hetero) is 1. The lowest BCUT2D eigenvalue weighted by Crippen LogP contribution is -2.37. The van der Waals surface area contributed by atoms with Crippen LogP contribution in [0.2, 0.25) is 0 Å². The second kappa shape index (κ2) is 7.41. The van der Waals surface area contributed by atoms with Gasteiger partial charge in [0.25, 0.3) is 0 Å². The number of hydrogen-bond acceptors (Lipinski definition) is 3. The van der Waals surface area contributed by atoms with Gasteiger partial charge in [-0.05, 0) is 38.3 Å². The lowest BCUT2D eigenvalue weighted by molar-refractivity contribution is 0.0955. The van der Waals surface area contributed by atoms with Crippen LogP contribution in [0.5, 0.6) is 0 Å². The molecule has 0 radical (unpaired) electrons. The monoisotopic (exact) mass is 261 g/mol. The highest BCUT2D eigenvalue weighted by Gasteiger charge is 2.18. The SMILES string of the molecule is O=C(CCCN1CCCC(CO)C1)c1ccccc1. The maximum Gasteiger partial charge on any atom is 0.162 e. The number of aliphatic hydroxyl groups is 1. The number of rotatable bonds is 6. The molecule has 1 aromatic carbocycles. The van der Waals surface area contributed by atoms with E-state index in [1.54, 1.807) is 0 Å². The van der Waals surface area contributed by atoms with E-state index in [9.17, 15) is 9.90 Å². The zero-order valence-electron chi connectivity index (χ0n) is 11.4. The van der Waals surface area contributed by atoms with Gasteiger partial charge in [-0.1, -0.05) is 30.3 Å². The molecule has 19 heavy (non-hydrogen) atoms. The Kier molecular flexibility index (Phi) is 5.55. The Bertz CT molecular complexity index is 391. The van der Waals surface area contributed by atoms with Crippen molar-refractivity contribution in [1.29, 1.82) is 0 Å². The van der Waals surface area contributed by atoms with Crippen molar-refractivity contribution in [2.75, 3.05) is 26.2 Å². The van der Waals surface area contributed by atoms with E-state index in [1.165, 1.54) is 0 Å². The number of piperidine rings is 1. The van der Waals surface area contributed by atoms with Crippen LogP contribution >= 0.6 is 0 Å². The van der Waals surface area contributed by atoms with Crippen molar-refractivity contribution in [2.24, 2.45) is 5.92 Å². The van der Waals surface area contributed by atoms with Crippen LogP contribution < -0.4 is 0 Å². The number of hydrogen-bond donors (Lipinski definition) is 1. The summed E-state index contributed by atoms with van der Waals surface area (Å²) in [5.74, 6) is 0.662. The minimum Gasteiger partial charge on any atom is -0.396 e. The molecular formula is C16H23NO2. The Morgan fingerprint density at radius 1 is 1.32 bits per heavy atom. The molecule has 1 aliphatic heterocycles. The molecule has 104 valence electrons. The van der Waals surface area contributed by atoms with Crippen LogP contribution in [0.4, 0.5) is 0 Å². The Hall–Kier alpha value is -1.19. The average Bonchev–Trinajstić information content (AvgIpc) is 2.48. The quantitative estimate of drug-likeness (QED) is 0.799. The maximum atomic E-state index is 11.9. The standard InChI is InChI=1S/C16H23NO2/c18-13-14-6-4-10-17(12-14)11-5-9-16(19)15-7-2-1-3-8-15/h1-3,7-8,14,18H,4-6,9-13H2. The first kappa shape index (κ1) is 14.2. The highest BCUT2D eigenvalue weighted by Crippen LogP contribution is 2.16. The second-order valence-corrected chi connectivity index (χ2v) is 5.38. The van der Waals surface area contributed by atoms with Gasteiger partial charge in [-0.3, -0.25) is 4.79 Å². The van der Waals surface area contributed by atoms with Crippen molar-refractivity contribution in [3.63, 3.8) is 0 Å². The largest absolute Gasteiger partial charge is 0.396 e. The van der Waals surface area contributed by atoms with Gasteiger partial charge >= 0.3 is 0 Å². The zero-order valence-corrected chi connectivity index (χ0v) is 11.4. The molecule has 0 spiro atoms. The van der Waals surface area contributed by atoms with Crippen LogP contribution in [-0.4, -0.2) is 42.0 Å². The van der Waals surface area contributed by atoms with Gasteiger partial charge in [0.15, 0.2) is 5.78 Å². The summed E-state index contributed by atoms with van der Waals surface area (Å²) in [6.07, 6.45) is 3.82. The molecule has 1 N–H and O–H groups in total. The third-order valence-electron chi connectivity index (χ3n) is 3.84. The number of benzene rings is 1. The van der Waals surface area contributed by atoms with Crippen LogP contribution in [0.3, 0.4) is 0 Å². The van der Waals surface area contributed by atoms with Gasteiger partial charge in [0.2, 0.25) is 0 Å². The van der Waals surface area contributed by atoms with Gasteiger partial charge in [-0.2, -0.15) is 0 Å². The summed E-state index contributed by atoms with van der Waals surface area (Å²) in [6, 6.07) is 9.50. The van der Waals surface area contributed by atoms with Crippen LogP contribution in [0.1, 0.15) is 36.0 Å². The summed E-state index contributed by atoms with van der Waals surface area (Å²) in [5.41, 5.74) is 0.814. The summed E-state index contributed by atoms with van der Waals surface area (Å²) < 4.78 is 0. The van der Waals surface area contributed by atoms with Gasteiger partial charge in [-0.25, -0.2) is 0 Å². The van der Waals surface area contributed by atoms with E-state index in [0.29, 0.717) is 18.9 Å². The van der Waals surface area contributed by atoms with Gasteiger partial charge in [0.1, 0.15) is 0 Å². The summed E-state index contributed by atoms with van der Waals surface area (Å²) in [4.78, 5) is 14.3. The summed E-state index contributed by atoms with van der Waals surface area (Å²) in [5, 5.41) is 9.19. The van der Waals surface area contributed by atoms with Crippen molar-refractivity contribution in [3.05, 3.63) is 35.9 Å². The number of likely N-dealkylation sites (tertiary alicyclic amines) is 1. The molecule has 1 fully saturated rings. The van der Waals surface area contributed by atoms with Crippen molar-refractivity contribution in [2.45, 2.75) is 25.7 Å². The molecule has 1 atom stereocenters. The molecule has 3 nitrogen and oxygen atoms in total. The molecule has 0 saturated carbocycles. The fraction of sp³-hybridized carbons (Fsp3) is 0.562. The minimum absolute atomic E-state index is 0.233. The summed E-state index contributed by atoms with van der Waals surface area (Å²) in [6.45, 7) is 3.35. The maximum absolute atomic E-state index is 11.9. The van der Waals surface area contributed by atoms with Gasteiger partial charge in [-0.15, -0.1) is 0 Å². The molecule has 3 heteroatoms. The molecule has 1 aliphatic rings. The van der Waals surface area contributed by atoms with Crippen molar-refractivity contribution >= 4 is 5.78 Å². The van der Waals surface area contributed by atoms with E-state index in [0.717, 1.165) is 44.5 Å². The van der Waals surface area contributed by atoms with Gasteiger partial charge in [0.05, 0.1) is 0 Å². The smallest absolute Gasteiger partial charge is 0.162 e. The normalized spacial score (nSPS) is 20.4. The predicted molar refractivity (Wildman–Crippen MR) is 76.3 cm³/mol. The van der Waals surface area contributed by atoms with Crippen molar-refractivity contribution < 1.29 is 9.90 Å². The van der Waals surface area contributed by atoms with Gasteiger partial charge in [0, 0.05) is 25.1 Å². The third-order valence-corrected chi connectivity index (χ3v) is 3.84. The van der Waals surface area contributed by atoms with Crippen LogP contribution in [0, 0.1) is 5.92 Å². The first-order valence-corrected chi connectivity index (χ1v) is 7.21. The fourth-order valence-electron chi connectivity index (χ4n) is 2.74. The molecule has 2 rings (SSSR count). The molecule has 0 aromatic heterocycles. The molecule has 0 bridgehead atoms. The van der Waals surface area contributed by atoms with Gasteiger partial charge < -0.3 is 10.0 Å². The number of aliphatic hydroxyl groups excluding tert-OH is 1. The Morgan fingerprint density at radius 2 is 2.11 bits per heavy atom. The molecule has 1 heterocycles. The molecule has 1 unspecified atom stereocenters. The minimum atomic E-state index is 0.233. The first-order chi connectivity index (χ1) is 9.29. The second-order valence-electron chi connectivity index (χ2n) is 5.38. The average molecular weight is 261 g/mol. The van der Waals surface area contributed by atoms with Crippen molar-refractivity contribution in [3.8, 4) is 0 Å². The third kappa shape index (κ3) is 4.44. The van der Waals surface area contributed by atoms with E-state index < -0.39 is 0 Å². The first-order valence-electron chi connectivity index (χ1n) is 7.21. The Balaban J connectivity index is 1.70. The summed E-state index contributed by atoms with van der Waals surface area (Å²) >= 11 is 0. The number of carbonyl (C=O) groups excluding carboxylic acids is 1. The topological polar surface area (TPSA) is 40.5 Å². The van der Waals surface area contributed by atoms with E-state index >= 15 is 0 Å². The van der Waals surface area contributed by atoms with Crippen molar-refractivity contribution in [1.82, 2.24) is 4.90 Å². The molecule has 0 aliphatic carbocycles. The Morgan fingerprint density at radius 3 is 2.84 bits per heavy atom. The van der Waals surface area contributed by atoms with Crippen LogP contribution in [-0.2, 0) is 0 Å². The lowest BCUT2D eigenvalue weighted by Gasteiger charge is -2.31. The lowest BCUT2D eigenvalue weighted by atomic mass is 9.98. The van der Waals surface area contributed by atoms with Crippen LogP contribution in [0.15, 0.2) is 30.3 Å². The number of carbonyl (C=O) groups is 1. The van der Waals surface area contributed by atoms with E-state index in [-0.39, 0.29) is 5.78 Å². The Labute approximate surface area is 115 Å². The highest BCUT2D eigenvalue weighted by atomic mass is 16.3. The highest BCUT2D eigenvalue weighted by molar-refractivity contribution is 5.95. The number of ketones is 1. The predicted octanol–water partition coefficient (Wildman–Crippen LogP) is 2.35. The zero-order chi connectivity index (χ0) is 13.5. The number of nitrogens with zero attached hydrogens (tertiary/aromatic N) is 1. The van der Waals surface area contributed by atoms with E-state index in [1.807, 2.05) is 30.3 Å².